The molecule has 24 heavy (non-hydrogen) atoms. The average Bonchev–Trinajstić information content (AvgIpc) is 2.55. The Hall–Kier alpha value is -0.0931. The van der Waals surface area contributed by atoms with Crippen LogP contribution in [0.5, 0.6) is 0 Å². The first-order valence-electron chi connectivity index (χ1n) is 9.35. The Kier molecular flexibility index (Phi) is 9.88. The van der Waals surface area contributed by atoms with Crippen LogP contribution in [0.4, 0.5) is 0 Å². The van der Waals surface area contributed by atoms with Crippen molar-refractivity contribution in [1.82, 2.24) is 4.98 Å². The fourth-order valence-electron chi connectivity index (χ4n) is 3.18. The van der Waals surface area contributed by atoms with Gasteiger partial charge in [0.05, 0.1) is 16.1 Å². The average molecular weight is 390 g/mol. The molecule has 0 spiro atoms. The van der Waals surface area contributed by atoms with Gasteiger partial charge in [-0.25, -0.2) is 0 Å². The summed E-state index contributed by atoms with van der Waals surface area (Å²) in [6.45, 7) is 11.3. The third kappa shape index (κ3) is 6.33. The quantitative estimate of drug-likeness (QED) is 0.286. The van der Waals surface area contributed by atoms with Gasteiger partial charge >= 0.3 is 0 Å². The third-order valence-electron chi connectivity index (χ3n) is 5.04. The van der Waals surface area contributed by atoms with Crippen molar-refractivity contribution in [3.8, 4) is 0 Å². The van der Waals surface area contributed by atoms with Gasteiger partial charge < -0.3 is 4.43 Å². The van der Waals surface area contributed by atoms with Crippen molar-refractivity contribution in [3.63, 3.8) is 0 Å². The number of aromatic nitrogens is 1. The SMILES string of the molecule is CC[Si](CC)(CC)OC(CCCCC(C)C)c1c(Cl)cncc1Cl. The first-order valence-corrected chi connectivity index (χ1v) is 12.6. The van der Waals surface area contributed by atoms with Crippen LogP contribution in [-0.2, 0) is 4.43 Å². The molecule has 0 fully saturated rings. The van der Waals surface area contributed by atoms with Crippen molar-refractivity contribution in [2.75, 3.05) is 0 Å². The fourth-order valence-corrected chi connectivity index (χ4v) is 6.62. The van der Waals surface area contributed by atoms with Crippen molar-refractivity contribution < 1.29 is 4.43 Å². The highest BCUT2D eigenvalue weighted by Gasteiger charge is 2.33. The summed E-state index contributed by atoms with van der Waals surface area (Å²) < 4.78 is 6.78. The molecule has 0 radical (unpaired) electrons. The maximum absolute atomic E-state index is 6.78. The van der Waals surface area contributed by atoms with E-state index in [0.717, 1.165) is 42.5 Å². The predicted octanol–water partition coefficient (Wildman–Crippen LogP) is 7.67. The van der Waals surface area contributed by atoms with Crippen molar-refractivity contribution in [2.24, 2.45) is 5.92 Å². The number of nitrogens with zero attached hydrogens (tertiary/aromatic N) is 1. The molecule has 0 aliphatic heterocycles. The standard InChI is InChI=1S/C19H33Cl2NOSi/c1-6-24(7-2,8-3)23-18(12-10-9-11-15(4)5)19-16(20)13-22-14-17(19)21/h13-15,18H,6-12H2,1-5H3. The molecular weight excluding hydrogens is 357 g/mol. The van der Waals surface area contributed by atoms with Gasteiger partial charge in [-0.2, -0.15) is 0 Å². The van der Waals surface area contributed by atoms with Gasteiger partial charge in [-0.1, -0.05) is 77.1 Å². The Bertz CT molecular complexity index is 464. The maximum atomic E-state index is 6.78. The second-order valence-corrected chi connectivity index (χ2v) is 12.6. The van der Waals surface area contributed by atoms with Crippen LogP contribution in [0.15, 0.2) is 12.4 Å². The molecule has 1 heterocycles. The van der Waals surface area contributed by atoms with E-state index in [-0.39, 0.29) is 6.10 Å². The predicted molar refractivity (Wildman–Crippen MR) is 109 cm³/mol. The lowest BCUT2D eigenvalue weighted by atomic mass is 10.0. The molecule has 0 aromatic carbocycles. The van der Waals surface area contributed by atoms with E-state index in [0.29, 0.717) is 10.0 Å². The molecule has 0 saturated carbocycles. The van der Waals surface area contributed by atoms with Crippen molar-refractivity contribution in [1.29, 1.82) is 0 Å². The van der Waals surface area contributed by atoms with Crippen molar-refractivity contribution in [2.45, 2.75) is 84.5 Å². The van der Waals surface area contributed by atoms with Gasteiger partial charge in [0.2, 0.25) is 0 Å². The topological polar surface area (TPSA) is 22.1 Å². The van der Waals surface area contributed by atoms with Crippen LogP contribution in [0.1, 0.15) is 72.0 Å². The molecule has 0 aliphatic rings. The molecule has 0 bridgehead atoms. The monoisotopic (exact) mass is 389 g/mol. The number of hydrogen-bond acceptors (Lipinski definition) is 2. The van der Waals surface area contributed by atoms with Crippen LogP contribution in [0.25, 0.3) is 0 Å². The van der Waals surface area contributed by atoms with E-state index in [2.05, 4.69) is 39.6 Å². The highest BCUT2D eigenvalue weighted by atomic mass is 35.5. The second-order valence-electron chi connectivity index (χ2n) is 7.05. The lowest BCUT2D eigenvalue weighted by Gasteiger charge is -2.34. The molecule has 5 heteroatoms. The molecule has 0 amide bonds. The molecule has 1 rings (SSSR count). The normalized spacial score (nSPS) is 13.5. The van der Waals surface area contributed by atoms with Crippen LogP contribution in [0.2, 0.25) is 28.2 Å². The Morgan fingerprint density at radius 1 is 0.958 bits per heavy atom. The van der Waals surface area contributed by atoms with E-state index >= 15 is 0 Å². The lowest BCUT2D eigenvalue weighted by Crippen LogP contribution is -2.37. The lowest BCUT2D eigenvalue weighted by molar-refractivity contribution is 0.175. The summed E-state index contributed by atoms with van der Waals surface area (Å²) >= 11 is 12.9. The minimum Gasteiger partial charge on any atom is -0.410 e. The van der Waals surface area contributed by atoms with Crippen molar-refractivity contribution >= 4 is 31.5 Å². The first kappa shape index (κ1) is 21.9. The summed E-state index contributed by atoms with van der Waals surface area (Å²) in [4.78, 5) is 4.10. The van der Waals surface area contributed by atoms with Crippen LogP contribution >= 0.6 is 23.2 Å². The highest BCUT2D eigenvalue weighted by molar-refractivity contribution is 6.73. The van der Waals surface area contributed by atoms with Crippen LogP contribution in [0, 0.1) is 5.92 Å². The van der Waals surface area contributed by atoms with E-state index in [4.69, 9.17) is 27.6 Å². The molecule has 0 saturated heterocycles. The number of hydrogen-bond donors (Lipinski definition) is 0. The minimum atomic E-state index is -1.73. The van der Waals surface area contributed by atoms with E-state index in [1.807, 2.05) is 0 Å². The van der Waals surface area contributed by atoms with E-state index in [1.54, 1.807) is 12.4 Å². The van der Waals surface area contributed by atoms with Crippen LogP contribution in [-0.4, -0.2) is 13.3 Å². The van der Waals surface area contributed by atoms with Gasteiger partial charge in [-0.3, -0.25) is 4.98 Å². The van der Waals surface area contributed by atoms with Crippen LogP contribution in [0.3, 0.4) is 0 Å². The van der Waals surface area contributed by atoms with Crippen molar-refractivity contribution in [3.05, 3.63) is 28.0 Å². The molecule has 0 aliphatic carbocycles. The third-order valence-corrected chi connectivity index (χ3v) is 10.3. The Morgan fingerprint density at radius 3 is 1.92 bits per heavy atom. The summed E-state index contributed by atoms with van der Waals surface area (Å²) in [5, 5.41) is 1.25. The molecule has 2 nitrogen and oxygen atoms in total. The zero-order valence-electron chi connectivity index (χ0n) is 15.9. The first-order chi connectivity index (χ1) is 11.4. The molecule has 1 atom stereocenters. The smallest absolute Gasteiger partial charge is 0.192 e. The van der Waals surface area contributed by atoms with E-state index in [9.17, 15) is 0 Å². The minimum absolute atomic E-state index is 0.00770. The van der Waals surface area contributed by atoms with Gasteiger partial charge in [-0.15, -0.1) is 0 Å². The van der Waals surface area contributed by atoms with Gasteiger partial charge in [0, 0.05) is 18.0 Å². The zero-order chi connectivity index (χ0) is 18.2. The number of rotatable bonds is 11. The van der Waals surface area contributed by atoms with Gasteiger partial charge in [0.15, 0.2) is 8.32 Å². The fraction of sp³-hybridized carbons (Fsp3) is 0.737. The number of unbranched alkanes of at least 4 members (excludes halogenated alkanes) is 1. The summed E-state index contributed by atoms with van der Waals surface area (Å²) in [5.41, 5.74) is 0.935. The molecular formula is C19H33Cl2NOSi. The van der Waals surface area contributed by atoms with Crippen LogP contribution < -0.4 is 0 Å². The maximum Gasteiger partial charge on any atom is 0.192 e. The molecule has 1 aromatic rings. The second kappa shape index (κ2) is 10.8. The molecule has 138 valence electrons. The zero-order valence-corrected chi connectivity index (χ0v) is 18.4. The van der Waals surface area contributed by atoms with E-state index < -0.39 is 8.32 Å². The summed E-state index contributed by atoms with van der Waals surface area (Å²) in [5.74, 6) is 0.743. The van der Waals surface area contributed by atoms with E-state index in [1.165, 1.54) is 12.8 Å². The summed E-state index contributed by atoms with van der Waals surface area (Å²) in [6, 6.07) is 3.38. The highest BCUT2D eigenvalue weighted by Crippen LogP contribution is 2.39. The van der Waals surface area contributed by atoms with Gasteiger partial charge in [0.1, 0.15) is 0 Å². The Balaban J connectivity index is 2.99. The summed E-state index contributed by atoms with van der Waals surface area (Å²) in [7, 11) is -1.73. The molecule has 1 unspecified atom stereocenters. The Labute approximate surface area is 159 Å². The molecule has 0 N–H and O–H groups in total. The van der Waals surface area contributed by atoms with Gasteiger partial charge in [-0.05, 0) is 30.5 Å². The molecule has 1 aromatic heterocycles. The number of halogens is 2. The largest absolute Gasteiger partial charge is 0.410 e. The summed E-state index contributed by atoms with van der Waals surface area (Å²) in [6.07, 6.45) is 7.94. The number of pyridine rings is 1. The Morgan fingerprint density at radius 2 is 1.46 bits per heavy atom. The van der Waals surface area contributed by atoms with Gasteiger partial charge in [0.25, 0.3) is 0 Å².